The molecular formula is C40H55N3O12. The molecule has 5 rings (SSSR count). The third-order valence-electron chi connectivity index (χ3n) is 9.62. The average Bonchev–Trinajstić information content (AvgIpc) is 3.63. The van der Waals surface area contributed by atoms with Gasteiger partial charge in [0.05, 0.1) is 25.9 Å². The maximum atomic E-state index is 13.1. The molecule has 3 aliphatic heterocycles. The molecule has 0 saturated carbocycles. The highest BCUT2D eigenvalue weighted by atomic mass is 16.7. The third kappa shape index (κ3) is 12.6. The summed E-state index contributed by atoms with van der Waals surface area (Å²) in [6.07, 6.45) is 1.12. The predicted molar refractivity (Wildman–Crippen MR) is 199 cm³/mol. The lowest BCUT2D eigenvalue weighted by Crippen LogP contribution is -2.54. The molecule has 2 saturated heterocycles. The molecule has 0 aliphatic carbocycles. The molecule has 0 bridgehead atoms. The van der Waals surface area contributed by atoms with Crippen molar-refractivity contribution in [1.29, 1.82) is 0 Å². The number of alkyl carbamates (subject to hydrolysis) is 2. The van der Waals surface area contributed by atoms with Crippen molar-refractivity contribution in [3.63, 3.8) is 0 Å². The number of hydrogen-bond acceptors (Lipinski definition) is 12. The van der Waals surface area contributed by atoms with E-state index >= 15 is 0 Å². The van der Waals surface area contributed by atoms with Gasteiger partial charge in [0.2, 0.25) is 12.7 Å². The minimum Gasteiger partial charge on any atom is -0.496 e. The molecule has 4 unspecified atom stereocenters. The average molecular weight is 770 g/mol. The number of amides is 3. The van der Waals surface area contributed by atoms with E-state index in [1.165, 1.54) is 0 Å². The first-order chi connectivity index (χ1) is 26.5. The molecule has 3 aliphatic rings. The third-order valence-corrected chi connectivity index (χ3v) is 9.62. The van der Waals surface area contributed by atoms with Crippen LogP contribution in [0.15, 0.2) is 42.5 Å². The maximum absolute atomic E-state index is 13.1. The largest absolute Gasteiger partial charge is 0.496 e. The number of fused-ring (bicyclic) bond motifs is 1. The van der Waals surface area contributed by atoms with Crippen LogP contribution in [0.3, 0.4) is 0 Å². The number of hydrogen-bond donors (Lipinski definition) is 3. The molecule has 2 aromatic rings. The molecule has 3 N–H and O–H groups in total. The van der Waals surface area contributed by atoms with Gasteiger partial charge in [-0.3, -0.25) is 4.79 Å². The normalized spacial score (nSPS) is 22.0. The molecule has 5 atom stereocenters. The molecule has 15 nitrogen and oxygen atoms in total. The smallest absolute Gasteiger partial charge is 0.407 e. The highest BCUT2D eigenvalue weighted by Gasteiger charge is 2.47. The second kappa shape index (κ2) is 20.2. The Morgan fingerprint density at radius 3 is 2.56 bits per heavy atom. The van der Waals surface area contributed by atoms with Gasteiger partial charge in [0.1, 0.15) is 24.5 Å². The number of esters is 1. The Morgan fingerprint density at radius 2 is 1.76 bits per heavy atom. The summed E-state index contributed by atoms with van der Waals surface area (Å²) in [5.74, 6) is 0.272. The lowest BCUT2D eigenvalue weighted by Gasteiger charge is -2.47. The summed E-state index contributed by atoms with van der Waals surface area (Å²) in [6, 6.07) is 12.3. The van der Waals surface area contributed by atoms with Gasteiger partial charge in [-0.2, -0.15) is 0 Å². The molecule has 2 fully saturated rings. The van der Waals surface area contributed by atoms with Gasteiger partial charge < -0.3 is 53.8 Å². The molecule has 1 spiro atoms. The fourth-order valence-electron chi connectivity index (χ4n) is 7.10. The SMILES string of the molecule is CCOC(=O)[C@H](CC(C)C)NC(=O)CCC1CC(OC(=O)NCc2ccc3c(c2)OCO3)CC2(CCCC(COC(=O)NCCc3ccccc3OC)O2)O1. The molecule has 0 radical (unpaired) electrons. The highest BCUT2D eigenvalue weighted by Crippen LogP contribution is 2.41. The first kappa shape index (κ1) is 41.4. The summed E-state index contributed by atoms with van der Waals surface area (Å²) < 4.78 is 46.0. The summed E-state index contributed by atoms with van der Waals surface area (Å²) in [7, 11) is 1.61. The lowest BCUT2D eigenvalue weighted by atomic mass is 9.90. The first-order valence-corrected chi connectivity index (χ1v) is 19.2. The van der Waals surface area contributed by atoms with Crippen molar-refractivity contribution >= 4 is 24.1 Å². The van der Waals surface area contributed by atoms with E-state index in [0.717, 1.165) is 23.3 Å². The Hall–Kier alpha value is -4.76. The summed E-state index contributed by atoms with van der Waals surface area (Å²) in [6.45, 7) is 6.61. The van der Waals surface area contributed by atoms with E-state index in [1.54, 1.807) is 26.2 Å². The quantitative estimate of drug-likeness (QED) is 0.140. The van der Waals surface area contributed by atoms with E-state index in [0.29, 0.717) is 56.6 Å². The number of rotatable bonds is 17. The Labute approximate surface area is 322 Å². The summed E-state index contributed by atoms with van der Waals surface area (Å²) in [5, 5.41) is 8.42. The van der Waals surface area contributed by atoms with Gasteiger partial charge in [0.15, 0.2) is 17.3 Å². The zero-order chi connectivity index (χ0) is 39.2. The van der Waals surface area contributed by atoms with Crippen molar-refractivity contribution in [2.24, 2.45) is 5.92 Å². The molecule has 2 aromatic carbocycles. The standard InChI is InChI=1S/C40H55N3O12/c1-5-49-37(45)32(19-26(2)3)43-36(44)15-13-29-21-31(53-39(47)42-23-27-12-14-34-35(20-27)52-25-51-34)22-40(54-29)17-8-10-30(55-40)24-50-38(46)41-18-16-28-9-6-7-11-33(28)48-4/h6-7,9,11-12,14,20,26,29-32H,5,8,10,13,15-19,21-25H2,1-4H3,(H,41,46)(H,42,47)(H,43,44)/t29?,30?,31?,32-,40?/m0/s1. The van der Waals surface area contributed by atoms with Crippen LogP contribution in [0.2, 0.25) is 0 Å². The van der Waals surface area contributed by atoms with Gasteiger partial charge in [-0.05, 0) is 74.3 Å². The molecule has 0 aromatic heterocycles. The second-order valence-corrected chi connectivity index (χ2v) is 14.4. The summed E-state index contributed by atoms with van der Waals surface area (Å²) in [4.78, 5) is 51.4. The predicted octanol–water partition coefficient (Wildman–Crippen LogP) is 5.31. The summed E-state index contributed by atoms with van der Waals surface area (Å²) >= 11 is 0. The molecular weight excluding hydrogens is 714 g/mol. The number of carbonyl (C=O) groups is 4. The van der Waals surface area contributed by atoms with Gasteiger partial charge in [-0.25, -0.2) is 14.4 Å². The van der Waals surface area contributed by atoms with E-state index in [9.17, 15) is 19.2 Å². The molecule has 3 heterocycles. The Balaban J connectivity index is 1.17. The van der Waals surface area contributed by atoms with Crippen molar-refractivity contribution in [3.8, 4) is 17.2 Å². The maximum Gasteiger partial charge on any atom is 0.407 e. The Bertz CT molecular complexity index is 1600. The zero-order valence-corrected chi connectivity index (χ0v) is 32.2. The topological polar surface area (TPSA) is 178 Å². The Morgan fingerprint density at radius 1 is 0.964 bits per heavy atom. The van der Waals surface area contributed by atoms with Crippen molar-refractivity contribution in [3.05, 3.63) is 53.6 Å². The minimum absolute atomic E-state index is 0.00527. The van der Waals surface area contributed by atoms with Gasteiger partial charge in [0, 0.05) is 38.8 Å². The van der Waals surface area contributed by atoms with Crippen LogP contribution in [0.25, 0.3) is 0 Å². The lowest BCUT2D eigenvalue weighted by molar-refractivity contribution is -0.329. The fourth-order valence-corrected chi connectivity index (χ4v) is 7.10. The minimum atomic E-state index is -1.13. The highest BCUT2D eigenvalue weighted by molar-refractivity contribution is 5.84. The first-order valence-electron chi connectivity index (χ1n) is 19.2. The fraction of sp³-hybridized carbons (Fsp3) is 0.600. The van der Waals surface area contributed by atoms with Crippen molar-refractivity contribution in [2.45, 2.75) is 115 Å². The number of benzene rings is 2. The number of ether oxygens (including phenoxy) is 8. The number of nitrogens with one attached hydrogen (secondary N) is 3. The monoisotopic (exact) mass is 769 g/mol. The van der Waals surface area contributed by atoms with Crippen LogP contribution in [0.4, 0.5) is 9.59 Å². The van der Waals surface area contributed by atoms with E-state index in [2.05, 4.69) is 16.0 Å². The van der Waals surface area contributed by atoms with E-state index in [1.807, 2.05) is 44.2 Å². The van der Waals surface area contributed by atoms with Gasteiger partial charge in [0.25, 0.3) is 0 Å². The van der Waals surface area contributed by atoms with Crippen molar-refractivity contribution in [2.75, 3.05) is 33.7 Å². The molecule has 15 heteroatoms. The molecule has 55 heavy (non-hydrogen) atoms. The van der Waals surface area contributed by atoms with Crippen LogP contribution in [0.1, 0.15) is 83.3 Å². The van der Waals surface area contributed by atoms with Gasteiger partial charge in [-0.1, -0.05) is 38.1 Å². The number of carbonyl (C=O) groups excluding carboxylic acids is 4. The zero-order valence-electron chi connectivity index (χ0n) is 32.2. The number of methoxy groups -OCH3 is 1. The van der Waals surface area contributed by atoms with E-state index in [4.69, 9.17) is 37.9 Å². The Kier molecular flexibility index (Phi) is 15.2. The van der Waals surface area contributed by atoms with Gasteiger partial charge in [-0.15, -0.1) is 0 Å². The van der Waals surface area contributed by atoms with Gasteiger partial charge >= 0.3 is 18.2 Å². The molecule has 3 amide bonds. The van der Waals surface area contributed by atoms with E-state index < -0.39 is 48.3 Å². The van der Waals surface area contributed by atoms with Crippen molar-refractivity contribution < 1.29 is 57.1 Å². The number of para-hydroxylation sites is 1. The van der Waals surface area contributed by atoms with E-state index in [-0.39, 0.29) is 51.2 Å². The van der Waals surface area contributed by atoms with Crippen molar-refractivity contribution in [1.82, 2.24) is 16.0 Å². The van der Waals surface area contributed by atoms with Crippen LogP contribution < -0.4 is 30.2 Å². The van der Waals surface area contributed by atoms with Crippen LogP contribution in [0.5, 0.6) is 17.2 Å². The van der Waals surface area contributed by atoms with Crippen LogP contribution in [-0.2, 0) is 46.2 Å². The summed E-state index contributed by atoms with van der Waals surface area (Å²) in [5.41, 5.74) is 1.78. The van der Waals surface area contributed by atoms with Crippen LogP contribution in [-0.4, -0.2) is 87.9 Å². The van der Waals surface area contributed by atoms with Crippen LogP contribution in [0, 0.1) is 5.92 Å². The second-order valence-electron chi connectivity index (χ2n) is 14.4. The van der Waals surface area contributed by atoms with Crippen LogP contribution >= 0.6 is 0 Å². The molecule has 302 valence electrons.